The lowest BCUT2D eigenvalue weighted by atomic mass is 10.1. The first-order valence-corrected chi connectivity index (χ1v) is 9.90. The van der Waals surface area contributed by atoms with Crippen LogP contribution in [0.25, 0.3) is 23.1 Å². The van der Waals surface area contributed by atoms with E-state index in [2.05, 4.69) is 34.3 Å². The molecule has 0 aliphatic heterocycles. The Kier molecular flexibility index (Phi) is 13.7. The second-order valence-corrected chi connectivity index (χ2v) is 7.21. The molecule has 10 heteroatoms. The van der Waals surface area contributed by atoms with Crippen molar-refractivity contribution in [3.8, 4) is 0 Å². The van der Waals surface area contributed by atoms with Crippen molar-refractivity contribution in [3.05, 3.63) is 64.4 Å². The van der Waals surface area contributed by atoms with Gasteiger partial charge in [-0.3, -0.25) is 4.99 Å². The van der Waals surface area contributed by atoms with Gasteiger partial charge >= 0.3 is 0 Å². The number of nitrogens with zero attached hydrogens (tertiary/aromatic N) is 3. The highest BCUT2D eigenvalue weighted by molar-refractivity contribution is 6.30. The highest BCUT2D eigenvalue weighted by atomic mass is 35.5. The van der Waals surface area contributed by atoms with Crippen LogP contribution in [0.1, 0.15) is 29.8 Å². The second kappa shape index (κ2) is 14.7. The third-order valence-electron chi connectivity index (χ3n) is 4.34. The Morgan fingerprint density at radius 1 is 1.00 bits per heavy atom. The summed E-state index contributed by atoms with van der Waals surface area (Å²) in [7, 11) is 0. The van der Waals surface area contributed by atoms with Gasteiger partial charge in [0.1, 0.15) is 5.82 Å². The predicted octanol–water partition coefficient (Wildman–Crippen LogP) is 5.49. The number of nitrogens with two attached hydrogens (primary N) is 2. The minimum absolute atomic E-state index is 0. The van der Waals surface area contributed by atoms with Gasteiger partial charge in [-0.1, -0.05) is 41.4 Å². The van der Waals surface area contributed by atoms with Crippen LogP contribution in [0.4, 0.5) is 5.82 Å². The summed E-state index contributed by atoms with van der Waals surface area (Å²) in [5.41, 5.74) is 13.8. The zero-order chi connectivity index (χ0) is 20.6. The summed E-state index contributed by atoms with van der Waals surface area (Å²) in [6.07, 6.45) is 5.72. The molecular weight excluding hydrogens is 490 g/mol. The van der Waals surface area contributed by atoms with Crippen molar-refractivity contribution >= 4 is 83.7 Å². The van der Waals surface area contributed by atoms with E-state index in [1.807, 2.05) is 42.5 Å². The Bertz CT molecular complexity index is 1030. The number of anilines is 1. The van der Waals surface area contributed by atoms with E-state index in [9.17, 15) is 0 Å². The monoisotopic (exact) mass is 516 g/mol. The normalized spacial score (nSPS) is 10.1. The zero-order valence-electron chi connectivity index (χ0n) is 17.6. The first-order chi connectivity index (χ1) is 14.0. The molecule has 0 amide bonds. The molecule has 2 aromatic carbocycles. The molecule has 6 nitrogen and oxygen atoms in total. The number of aliphatic imine (C=N–C) groups is 1. The molecule has 5 N–H and O–H groups in total. The third kappa shape index (κ3) is 9.09. The Morgan fingerprint density at radius 3 is 2.41 bits per heavy atom. The molecule has 174 valence electrons. The molecule has 0 bridgehead atoms. The van der Waals surface area contributed by atoms with Crippen molar-refractivity contribution < 1.29 is 0 Å². The van der Waals surface area contributed by atoms with Crippen molar-refractivity contribution in [2.75, 3.05) is 18.4 Å². The maximum absolute atomic E-state index is 5.95. The van der Waals surface area contributed by atoms with Crippen LogP contribution in [0.5, 0.6) is 0 Å². The molecule has 0 aliphatic rings. The lowest BCUT2D eigenvalue weighted by molar-refractivity contribution is 0.772. The fourth-order valence-electron chi connectivity index (χ4n) is 2.87. The number of nitrogens with one attached hydrogen (secondary N) is 1. The van der Waals surface area contributed by atoms with Gasteiger partial charge in [0.2, 0.25) is 0 Å². The van der Waals surface area contributed by atoms with Crippen molar-refractivity contribution in [1.29, 1.82) is 0 Å². The van der Waals surface area contributed by atoms with Gasteiger partial charge in [0, 0.05) is 23.5 Å². The van der Waals surface area contributed by atoms with Crippen molar-refractivity contribution in [2.24, 2.45) is 16.5 Å². The lowest BCUT2D eigenvalue weighted by Gasteiger charge is -2.10. The van der Waals surface area contributed by atoms with Gasteiger partial charge in [-0.2, -0.15) is 0 Å². The van der Waals surface area contributed by atoms with Gasteiger partial charge in [0.15, 0.2) is 11.8 Å². The smallest absolute Gasteiger partial charge is 0.185 e. The minimum atomic E-state index is 0. The number of aromatic nitrogens is 2. The van der Waals surface area contributed by atoms with Crippen molar-refractivity contribution in [1.82, 2.24) is 9.97 Å². The summed E-state index contributed by atoms with van der Waals surface area (Å²) >= 11 is 5.95. The van der Waals surface area contributed by atoms with Crippen LogP contribution in [-0.2, 0) is 0 Å². The molecule has 32 heavy (non-hydrogen) atoms. The molecule has 0 unspecified atom stereocenters. The van der Waals surface area contributed by atoms with Crippen LogP contribution in [-0.4, -0.2) is 29.0 Å². The molecule has 0 saturated heterocycles. The number of hydrogen-bond donors (Lipinski definition) is 3. The highest BCUT2D eigenvalue weighted by Crippen LogP contribution is 2.23. The number of fused-ring (bicyclic) bond motifs is 1. The quantitative estimate of drug-likeness (QED) is 0.208. The molecule has 0 spiro atoms. The topological polar surface area (TPSA) is 102 Å². The van der Waals surface area contributed by atoms with Crippen molar-refractivity contribution in [2.45, 2.75) is 19.8 Å². The Morgan fingerprint density at radius 2 is 1.72 bits per heavy atom. The summed E-state index contributed by atoms with van der Waals surface area (Å²) in [6, 6.07) is 13.8. The maximum atomic E-state index is 5.95. The first kappa shape index (κ1) is 29.8. The third-order valence-corrected chi connectivity index (χ3v) is 4.59. The number of halogens is 4. The van der Waals surface area contributed by atoms with E-state index in [1.165, 1.54) is 5.56 Å². The van der Waals surface area contributed by atoms with Gasteiger partial charge in [-0.25, -0.2) is 9.97 Å². The van der Waals surface area contributed by atoms with Gasteiger partial charge in [-0.15, -0.1) is 37.2 Å². The largest absolute Gasteiger partial charge is 0.370 e. The zero-order valence-corrected chi connectivity index (χ0v) is 20.8. The molecule has 1 aromatic heterocycles. The first-order valence-electron chi connectivity index (χ1n) is 9.52. The van der Waals surface area contributed by atoms with Crippen LogP contribution in [0.2, 0.25) is 5.02 Å². The van der Waals surface area contributed by atoms with E-state index in [0.717, 1.165) is 41.7 Å². The van der Waals surface area contributed by atoms with E-state index in [0.29, 0.717) is 17.4 Å². The second-order valence-electron chi connectivity index (χ2n) is 6.78. The number of aryl methyl sites for hydroxylation is 1. The van der Waals surface area contributed by atoms with Crippen LogP contribution in [0, 0.1) is 6.92 Å². The molecule has 1 heterocycles. The number of unbranched alkanes of at least 4 members (excludes halogenated alkanes) is 1. The fourth-order valence-corrected chi connectivity index (χ4v) is 2.99. The van der Waals surface area contributed by atoms with E-state index in [1.54, 1.807) is 0 Å². The van der Waals surface area contributed by atoms with E-state index in [4.69, 9.17) is 28.1 Å². The summed E-state index contributed by atoms with van der Waals surface area (Å²) in [5, 5.41) is 5.16. The van der Waals surface area contributed by atoms with E-state index in [-0.39, 0.29) is 43.2 Å². The number of rotatable bonds is 8. The SMILES string of the molecule is Cc1ccc2nc(/C=C/c3ccc(Cl)cc3)nc(NCCCCN=C(N)N)c2c1.Cl.Cl.Cl. The maximum Gasteiger partial charge on any atom is 0.185 e. The van der Waals surface area contributed by atoms with Crippen LogP contribution in [0.15, 0.2) is 47.5 Å². The standard InChI is InChI=1S/C22H25ClN6.3ClH/c1-15-4-10-19-18(14-15)21(26-12-2-3-13-27-22(24)25)29-20(28-19)11-7-16-5-8-17(23)9-6-16;;;/h4-11,14H,2-3,12-13H2,1H3,(H4,24,25,27)(H,26,28,29);3*1H/b11-7+;;;. The lowest BCUT2D eigenvalue weighted by Crippen LogP contribution is -2.23. The predicted molar refractivity (Wildman–Crippen MR) is 145 cm³/mol. The Labute approximate surface area is 212 Å². The van der Waals surface area contributed by atoms with Crippen LogP contribution < -0.4 is 16.8 Å². The van der Waals surface area contributed by atoms with Gasteiger partial charge in [0.05, 0.1) is 5.52 Å². The molecule has 3 aromatic rings. The summed E-state index contributed by atoms with van der Waals surface area (Å²) in [6.45, 7) is 3.47. The molecule has 0 radical (unpaired) electrons. The van der Waals surface area contributed by atoms with E-state index < -0.39 is 0 Å². The molecular formula is C22H28Cl4N6. The fraction of sp³-hybridized carbons (Fsp3) is 0.227. The summed E-state index contributed by atoms with van der Waals surface area (Å²) in [5.74, 6) is 1.61. The van der Waals surface area contributed by atoms with E-state index >= 15 is 0 Å². The average molecular weight is 518 g/mol. The van der Waals surface area contributed by atoms with Crippen molar-refractivity contribution in [3.63, 3.8) is 0 Å². The number of hydrogen-bond acceptors (Lipinski definition) is 4. The molecule has 0 saturated carbocycles. The summed E-state index contributed by atoms with van der Waals surface area (Å²) in [4.78, 5) is 13.4. The number of benzene rings is 2. The summed E-state index contributed by atoms with van der Waals surface area (Å²) < 4.78 is 0. The highest BCUT2D eigenvalue weighted by Gasteiger charge is 2.07. The molecule has 0 aliphatic carbocycles. The Hall–Kier alpha value is -2.25. The molecule has 0 fully saturated rings. The van der Waals surface area contributed by atoms with Crippen LogP contribution >= 0.6 is 48.8 Å². The van der Waals surface area contributed by atoms with Gasteiger partial charge < -0.3 is 16.8 Å². The average Bonchev–Trinajstić information content (AvgIpc) is 2.70. The minimum Gasteiger partial charge on any atom is -0.370 e. The van der Waals surface area contributed by atoms with Gasteiger partial charge in [0.25, 0.3) is 0 Å². The molecule has 0 atom stereocenters. The number of guanidine groups is 1. The van der Waals surface area contributed by atoms with Gasteiger partial charge in [-0.05, 0) is 55.7 Å². The molecule has 3 rings (SSSR count). The Balaban J connectivity index is 0.00000320. The van der Waals surface area contributed by atoms with Crippen LogP contribution in [0.3, 0.4) is 0 Å².